The van der Waals surface area contributed by atoms with Crippen LogP contribution in [0.5, 0.6) is 5.75 Å². The maximum Gasteiger partial charge on any atom is 0.271 e. The normalized spacial score (nSPS) is 14.1. The highest BCUT2D eigenvalue weighted by Gasteiger charge is 2.28. The van der Waals surface area contributed by atoms with Crippen molar-refractivity contribution >= 4 is 11.6 Å². The molecule has 0 spiro atoms. The molecule has 5 nitrogen and oxygen atoms in total. The molecule has 1 aromatic heterocycles. The number of piperazine rings is 1. The van der Waals surface area contributed by atoms with Crippen molar-refractivity contribution in [2.45, 2.75) is 20.8 Å². The average molecular weight is 418 g/mol. The van der Waals surface area contributed by atoms with Crippen molar-refractivity contribution in [3.63, 3.8) is 0 Å². The number of nitrogens with zero attached hydrogens (tertiary/aromatic N) is 3. The lowest BCUT2D eigenvalue weighted by atomic mass is 10.0. The van der Waals surface area contributed by atoms with E-state index in [1.165, 1.54) is 16.8 Å². The lowest BCUT2D eigenvalue weighted by Gasteiger charge is -2.37. The molecular formula is C26H31N3O2. The first-order valence-corrected chi connectivity index (χ1v) is 10.8. The Labute approximate surface area is 184 Å². The molecule has 2 heterocycles. The molecule has 0 atom stereocenters. The monoisotopic (exact) mass is 417 g/mol. The molecule has 1 fully saturated rings. The van der Waals surface area contributed by atoms with E-state index in [1.54, 1.807) is 7.11 Å². The van der Waals surface area contributed by atoms with Crippen molar-refractivity contribution in [3.8, 4) is 16.9 Å². The Kier molecular flexibility index (Phi) is 5.77. The second kappa shape index (κ2) is 8.50. The Hall–Kier alpha value is -3.21. The summed E-state index contributed by atoms with van der Waals surface area (Å²) in [4.78, 5) is 18.0. The second-order valence-electron chi connectivity index (χ2n) is 8.44. The van der Waals surface area contributed by atoms with Gasteiger partial charge in [-0.15, -0.1) is 0 Å². The highest BCUT2D eigenvalue weighted by molar-refractivity contribution is 6.00. The Morgan fingerprint density at radius 1 is 0.903 bits per heavy atom. The SMILES string of the molecule is COc1ccc(-c2c(C)cn(C)c2C(=O)N2CCN(c3cc(C)ccc3C)CC2)cc1. The fraction of sp³-hybridized carbons (Fsp3) is 0.346. The molecule has 5 heteroatoms. The molecule has 0 aliphatic carbocycles. The van der Waals surface area contributed by atoms with Crippen LogP contribution in [0.15, 0.2) is 48.7 Å². The Morgan fingerprint density at radius 3 is 2.23 bits per heavy atom. The zero-order valence-corrected chi connectivity index (χ0v) is 19.1. The van der Waals surface area contributed by atoms with E-state index >= 15 is 0 Å². The molecule has 3 aromatic rings. The summed E-state index contributed by atoms with van der Waals surface area (Å²) in [5.41, 5.74) is 7.73. The summed E-state index contributed by atoms with van der Waals surface area (Å²) in [6.07, 6.45) is 2.04. The van der Waals surface area contributed by atoms with Gasteiger partial charge in [0, 0.05) is 50.7 Å². The smallest absolute Gasteiger partial charge is 0.271 e. The number of anilines is 1. The van der Waals surface area contributed by atoms with Crippen molar-refractivity contribution in [1.82, 2.24) is 9.47 Å². The molecule has 2 aromatic carbocycles. The fourth-order valence-corrected chi connectivity index (χ4v) is 4.52. The molecular weight excluding hydrogens is 386 g/mol. The largest absolute Gasteiger partial charge is 0.497 e. The lowest BCUT2D eigenvalue weighted by molar-refractivity contribution is 0.0738. The molecule has 162 valence electrons. The van der Waals surface area contributed by atoms with Gasteiger partial charge in [-0.1, -0.05) is 24.3 Å². The highest BCUT2D eigenvalue weighted by atomic mass is 16.5. The Balaban J connectivity index is 1.56. The molecule has 4 rings (SSSR count). The predicted molar refractivity (Wildman–Crippen MR) is 126 cm³/mol. The van der Waals surface area contributed by atoms with Gasteiger partial charge in [-0.25, -0.2) is 0 Å². The minimum atomic E-state index is 0.0991. The van der Waals surface area contributed by atoms with E-state index < -0.39 is 0 Å². The summed E-state index contributed by atoms with van der Waals surface area (Å²) in [7, 11) is 3.62. The summed E-state index contributed by atoms with van der Waals surface area (Å²) < 4.78 is 7.26. The number of hydrogen-bond donors (Lipinski definition) is 0. The van der Waals surface area contributed by atoms with Gasteiger partial charge in [0.25, 0.3) is 5.91 Å². The average Bonchev–Trinajstić information content (AvgIpc) is 3.08. The first kappa shape index (κ1) is 21.0. The number of amides is 1. The van der Waals surface area contributed by atoms with Crippen LogP contribution in [-0.4, -0.2) is 48.7 Å². The van der Waals surface area contributed by atoms with Crippen LogP contribution in [-0.2, 0) is 7.05 Å². The summed E-state index contributed by atoms with van der Waals surface area (Å²) in [5.74, 6) is 0.912. The maximum absolute atomic E-state index is 13.6. The van der Waals surface area contributed by atoms with Gasteiger partial charge in [0.1, 0.15) is 11.4 Å². The van der Waals surface area contributed by atoms with E-state index in [1.807, 2.05) is 47.0 Å². The second-order valence-corrected chi connectivity index (χ2v) is 8.44. The minimum Gasteiger partial charge on any atom is -0.497 e. The summed E-state index contributed by atoms with van der Waals surface area (Å²) >= 11 is 0. The molecule has 0 unspecified atom stereocenters. The van der Waals surface area contributed by atoms with Crippen LogP contribution in [0, 0.1) is 20.8 Å². The van der Waals surface area contributed by atoms with Crippen molar-refractivity contribution in [3.05, 3.63) is 71.0 Å². The van der Waals surface area contributed by atoms with Crippen LogP contribution in [0.2, 0.25) is 0 Å². The van der Waals surface area contributed by atoms with Crippen molar-refractivity contribution < 1.29 is 9.53 Å². The third-order valence-electron chi connectivity index (χ3n) is 6.22. The zero-order chi connectivity index (χ0) is 22.1. The van der Waals surface area contributed by atoms with Crippen molar-refractivity contribution in [2.75, 3.05) is 38.2 Å². The lowest BCUT2D eigenvalue weighted by Crippen LogP contribution is -2.49. The molecule has 0 radical (unpaired) electrons. The van der Waals surface area contributed by atoms with Crippen LogP contribution in [0.3, 0.4) is 0 Å². The van der Waals surface area contributed by atoms with Crippen LogP contribution in [0.1, 0.15) is 27.2 Å². The quantitative estimate of drug-likeness (QED) is 0.623. The van der Waals surface area contributed by atoms with E-state index in [4.69, 9.17) is 4.74 Å². The number of ether oxygens (including phenoxy) is 1. The van der Waals surface area contributed by atoms with E-state index in [0.717, 1.165) is 54.3 Å². The van der Waals surface area contributed by atoms with Crippen molar-refractivity contribution in [1.29, 1.82) is 0 Å². The third kappa shape index (κ3) is 4.05. The summed E-state index contributed by atoms with van der Waals surface area (Å²) in [5, 5.41) is 0. The molecule has 31 heavy (non-hydrogen) atoms. The minimum absolute atomic E-state index is 0.0991. The van der Waals surface area contributed by atoms with Gasteiger partial charge >= 0.3 is 0 Å². The zero-order valence-electron chi connectivity index (χ0n) is 19.1. The number of aryl methyl sites for hydroxylation is 4. The third-order valence-corrected chi connectivity index (χ3v) is 6.22. The number of carbonyl (C=O) groups is 1. The number of methoxy groups -OCH3 is 1. The van der Waals surface area contributed by atoms with E-state index in [-0.39, 0.29) is 5.91 Å². The fourth-order valence-electron chi connectivity index (χ4n) is 4.52. The van der Waals surface area contributed by atoms with Gasteiger partial charge in [0.05, 0.1) is 7.11 Å². The molecule has 1 saturated heterocycles. The van der Waals surface area contributed by atoms with Gasteiger partial charge in [-0.2, -0.15) is 0 Å². The summed E-state index contributed by atoms with van der Waals surface area (Å²) in [6.45, 7) is 9.47. The molecule has 1 amide bonds. The molecule has 0 saturated carbocycles. The first-order chi connectivity index (χ1) is 14.9. The molecule has 1 aliphatic heterocycles. The van der Waals surface area contributed by atoms with E-state index in [9.17, 15) is 4.79 Å². The molecule has 0 bridgehead atoms. The van der Waals surface area contributed by atoms with Crippen LogP contribution >= 0.6 is 0 Å². The standard InChI is InChI=1S/C26H31N3O2/c1-18-6-7-19(2)23(16-18)28-12-14-29(15-13-28)26(30)25-24(20(3)17-27(25)4)21-8-10-22(31-5)11-9-21/h6-11,16-17H,12-15H2,1-5H3. The number of rotatable bonds is 4. The number of aromatic nitrogens is 1. The van der Waals surface area contributed by atoms with E-state index in [0.29, 0.717) is 0 Å². The Morgan fingerprint density at radius 2 is 1.58 bits per heavy atom. The summed E-state index contributed by atoms with van der Waals surface area (Å²) in [6, 6.07) is 14.5. The van der Waals surface area contributed by atoms with Crippen molar-refractivity contribution in [2.24, 2.45) is 7.05 Å². The Bertz CT molecular complexity index is 1090. The van der Waals surface area contributed by atoms with Gasteiger partial charge in [-0.05, 0) is 61.2 Å². The van der Waals surface area contributed by atoms with Gasteiger partial charge < -0.3 is 19.1 Å². The highest BCUT2D eigenvalue weighted by Crippen LogP contribution is 2.31. The predicted octanol–water partition coefficient (Wildman–Crippen LogP) is 4.59. The topological polar surface area (TPSA) is 37.7 Å². The number of benzene rings is 2. The number of carbonyl (C=O) groups excluding carboxylic acids is 1. The molecule has 1 aliphatic rings. The number of hydrogen-bond acceptors (Lipinski definition) is 3. The van der Waals surface area contributed by atoms with Crippen LogP contribution < -0.4 is 9.64 Å². The molecule has 0 N–H and O–H groups in total. The van der Waals surface area contributed by atoms with E-state index in [2.05, 4.69) is 43.9 Å². The maximum atomic E-state index is 13.6. The van der Waals surface area contributed by atoms with Crippen LogP contribution in [0.25, 0.3) is 11.1 Å². The van der Waals surface area contributed by atoms with Gasteiger partial charge in [-0.3, -0.25) is 4.79 Å². The van der Waals surface area contributed by atoms with Crippen LogP contribution in [0.4, 0.5) is 5.69 Å². The van der Waals surface area contributed by atoms with Gasteiger partial charge in [0.2, 0.25) is 0 Å². The van der Waals surface area contributed by atoms with Gasteiger partial charge in [0.15, 0.2) is 0 Å². The first-order valence-electron chi connectivity index (χ1n) is 10.8.